The van der Waals surface area contributed by atoms with Gasteiger partial charge in [0.05, 0.1) is 18.2 Å². The topological polar surface area (TPSA) is 94.7 Å². The fraction of sp³-hybridized carbons (Fsp3) is 0.286. The van der Waals surface area contributed by atoms with E-state index < -0.39 is 11.6 Å². The van der Waals surface area contributed by atoms with Crippen molar-refractivity contribution in [2.24, 2.45) is 0 Å². The van der Waals surface area contributed by atoms with Crippen LogP contribution in [0.3, 0.4) is 0 Å². The van der Waals surface area contributed by atoms with E-state index >= 15 is 0 Å². The molecule has 3 rings (SSSR count). The highest BCUT2D eigenvalue weighted by Gasteiger charge is 2.16. The Hall–Kier alpha value is -3.13. The fourth-order valence-electron chi connectivity index (χ4n) is 2.65. The van der Waals surface area contributed by atoms with Crippen LogP contribution in [0.2, 0.25) is 0 Å². The summed E-state index contributed by atoms with van der Waals surface area (Å²) in [7, 11) is 0. The van der Waals surface area contributed by atoms with Crippen LogP contribution in [0.15, 0.2) is 42.5 Å². The van der Waals surface area contributed by atoms with Gasteiger partial charge in [-0.3, -0.25) is 0 Å². The van der Waals surface area contributed by atoms with Gasteiger partial charge in [-0.15, -0.1) is 0 Å². The number of esters is 1. The molecular weight excluding hydrogens is 394 g/mol. The zero-order valence-corrected chi connectivity index (χ0v) is 17.5. The molecule has 0 spiro atoms. The molecule has 29 heavy (non-hydrogen) atoms. The number of H-pyrrole nitrogens is 1. The van der Waals surface area contributed by atoms with E-state index in [-0.39, 0.29) is 12.1 Å². The standard InChI is InChI=1S/C21H23NO4.O2S/c1-5-24-21(23)18-11-15-10-17(26-16-8-6-14(4)7-9-16)12-19(20(15)22-18)25-13(2)3;1-3-2/h6-13,22H,5H2,1-4H3;. The van der Waals surface area contributed by atoms with E-state index in [1.165, 1.54) is 5.56 Å². The Labute approximate surface area is 172 Å². The molecule has 0 aliphatic heterocycles. The first kappa shape index (κ1) is 22.2. The molecule has 1 aromatic heterocycles. The number of rotatable bonds is 6. The van der Waals surface area contributed by atoms with Crippen LogP contribution in [0.4, 0.5) is 0 Å². The van der Waals surface area contributed by atoms with Crippen LogP contribution in [0.1, 0.15) is 36.8 Å². The summed E-state index contributed by atoms with van der Waals surface area (Å²) >= 11 is -0.750. The molecule has 1 N–H and O–H groups in total. The number of nitrogens with one attached hydrogen (secondary N) is 1. The molecule has 0 unspecified atom stereocenters. The molecule has 2 aromatic carbocycles. The third kappa shape index (κ3) is 6.18. The molecule has 7 nitrogen and oxygen atoms in total. The predicted octanol–water partition coefficient (Wildman–Crippen LogP) is 4.56. The second-order valence-electron chi connectivity index (χ2n) is 6.44. The van der Waals surface area contributed by atoms with Crippen molar-refractivity contribution < 1.29 is 27.4 Å². The summed E-state index contributed by atoms with van der Waals surface area (Å²) in [6.45, 7) is 8.04. The summed E-state index contributed by atoms with van der Waals surface area (Å²) in [5, 5.41) is 0.827. The average molecular weight is 417 g/mol. The van der Waals surface area contributed by atoms with Gasteiger partial charge in [-0.05, 0) is 52.0 Å². The SMILES string of the molecule is CCOC(=O)c1cc2cc(Oc3ccc(C)cc3)cc(OC(C)C)c2[nH]1.O=S=O. The minimum absolute atomic E-state index is 0.0119. The number of ether oxygens (including phenoxy) is 3. The lowest BCUT2D eigenvalue weighted by Gasteiger charge is -2.13. The first-order valence-electron chi connectivity index (χ1n) is 9.04. The highest BCUT2D eigenvalue weighted by Crippen LogP contribution is 2.34. The van der Waals surface area contributed by atoms with E-state index in [1.54, 1.807) is 13.0 Å². The second-order valence-corrected chi connectivity index (χ2v) is 6.57. The average Bonchev–Trinajstić information content (AvgIpc) is 3.09. The summed E-state index contributed by atoms with van der Waals surface area (Å²) in [5.41, 5.74) is 2.31. The maximum atomic E-state index is 12.0. The summed E-state index contributed by atoms with van der Waals surface area (Å²) in [6.07, 6.45) is -0.0119. The van der Waals surface area contributed by atoms with E-state index in [0.29, 0.717) is 23.8 Å². The molecule has 0 saturated carbocycles. The van der Waals surface area contributed by atoms with Gasteiger partial charge in [0.1, 0.15) is 22.9 Å². The molecule has 0 saturated heterocycles. The molecule has 0 bridgehead atoms. The van der Waals surface area contributed by atoms with Crippen molar-refractivity contribution in [1.29, 1.82) is 0 Å². The molecule has 0 fully saturated rings. The van der Waals surface area contributed by atoms with Gasteiger partial charge in [0.15, 0.2) is 0 Å². The Kier molecular flexibility index (Phi) is 7.97. The normalized spacial score (nSPS) is 10.2. The van der Waals surface area contributed by atoms with Crippen LogP contribution in [-0.4, -0.2) is 32.1 Å². The summed E-state index contributed by atoms with van der Waals surface area (Å²) in [4.78, 5) is 15.1. The first-order valence-corrected chi connectivity index (χ1v) is 9.71. The van der Waals surface area contributed by atoms with E-state index in [1.807, 2.05) is 57.2 Å². The minimum atomic E-state index is -0.750. The molecule has 154 valence electrons. The molecule has 8 heteroatoms. The van der Waals surface area contributed by atoms with Crippen molar-refractivity contribution in [2.75, 3.05) is 6.61 Å². The highest BCUT2D eigenvalue weighted by atomic mass is 32.1. The molecule has 0 radical (unpaired) electrons. The second kappa shape index (κ2) is 10.4. The molecule has 0 aliphatic carbocycles. The largest absolute Gasteiger partial charge is 0.489 e. The van der Waals surface area contributed by atoms with Gasteiger partial charge in [-0.25, -0.2) is 4.79 Å². The number of aromatic amines is 1. The first-order chi connectivity index (χ1) is 13.9. The Balaban J connectivity index is 0.000000941. The Morgan fingerprint density at radius 3 is 2.31 bits per heavy atom. The quantitative estimate of drug-likeness (QED) is 0.591. The van der Waals surface area contributed by atoms with Crippen LogP contribution < -0.4 is 9.47 Å². The van der Waals surface area contributed by atoms with Crippen molar-refractivity contribution in [3.8, 4) is 17.2 Å². The van der Waals surface area contributed by atoms with Gasteiger partial charge >= 0.3 is 17.5 Å². The van der Waals surface area contributed by atoms with Gasteiger partial charge in [0.25, 0.3) is 0 Å². The highest BCUT2D eigenvalue weighted by molar-refractivity contribution is 7.51. The van der Waals surface area contributed by atoms with Gasteiger partial charge in [0.2, 0.25) is 0 Å². The van der Waals surface area contributed by atoms with Crippen LogP contribution in [0.5, 0.6) is 17.2 Å². The number of carbonyl (C=O) groups is 1. The maximum absolute atomic E-state index is 12.0. The Morgan fingerprint density at radius 2 is 1.72 bits per heavy atom. The lowest BCUT2D eigenvalue weighted by Crippen LogP contribution is -2.06. The summed E-state index contributed by atoms with van der Waals surface area (Å²) in [6, 6.07) is 13.3. The van der Waals surface area contributed by atoms with Crippen LogP contribution in [0.25, 0.3) is 10.9 Å². The van der Waals surface area contributed by atoms with E-state index in [9.17, 15) is 4.79 Å². The monoisotopic (exact) mass is 417 g/mol. The van der Waals surface area contributed by atoms with Gasteiger partial charge in [-0.1, -0.05) is 17.7 Å². The number of aryl methyl sites for hydroxylation is 1. The van der Waals surface area contributed by atoms with Crippen LogP contribution in [-0.2, 0) is 16.3 Å². The van der Waals surface area contributed by atoms with Crippen LogP contribution in [0, 0.1) is 6.92 Å². The Bertz CT molecular complexity index is 1000. The zero-order chi connectivity index (χ0) is 21.4. The predicted molar refractivity (Wildman–Crippen MR) is 110 cm³/mol. The number of hydrogen-bond donors (Lipinski definition) is 1. The minimum Gasteiger partial charge on any atom is -0.489 e. The number of benzene rings is 2. The molecule has 1 heterocycles. The number of hydrogen-bond acceptors (Lipinski definition) is 6. The number of fused-ring (bicyclic) bond motifs is 1. The van der Waals surface area contributed by atoms with E-state index in [4.69, 9.17) is 22.6 Å². The summed E-state index contributed by atoms with van der Waals surface area (Å²) in [5.74, 6) is 1.63. The van der Waals surface area contributed by atoms with Crippen LogP contribution >= 0.6 is 0 Å². The fourth-order valence-corrected chi connectivity index (χ4v) is 2.65. The van der Waals surface area contributed by atoms with Gasteiger partial charge < -0.3 is 19.2 Å². The maximum Gasteiger partial charge on any atom is 0.354 e. The molecule has 0 aliphatic rings. The summed E-state index contributed by atoms with van der Waals surface area (Å²) < 4.78 is 33.5. The van der Waals surface area contributed by atoms with E-state index in [2.05, 4.69) is 4.98 Å². The lowest BCUT2D eigenvalue weighted by molar-refractivity contribution is 0.0520. The van der Waals surface area contributed by atoms with Crippen molar-refractivity contribution in [3.63, 3.8) is 0 Å². The molecular formula is C21H23NO6S. The lowest BCUT2D eigenvalue weighted by atomic mass is 10.2. The third-order valence-electron chi connectivity index (χ3n) is 3.78. The molecule has 0 atom stereocenters. The van der Waals surface area contributed by atoms with Crippen molar-refractivity contribution in [3.05, 3.63) is 53.7 Å². The van der Waals surface area contributed by atoms with Crippen molar-refractivity contribution in [1.82, 2.24) is 4.98 Å². The van der Waals surface area contributed by atoms with Gasteiger partial charge in [0, 0.05) is 11.5 Å². The third-order valence-corrected chi connectivity index (χ3v) is 3.78. The molecule has 3 aromatic rings. The number of aromatic nitrogens is 1. The Morgan fingerprint density at radius 1 is 1.07 bits per heavy atom. The number of carbonyl (C=O) groups excluding carboxylic acids is 1. The van der Waals surface area contributed by atoms with Crippen molar-refractivity contribution >= 4 is 28.4 Å². The molecule has 0 amide bonds. The van der Waals surface area contributed by atoms with Crippen molar-refractivity contribution in [2.45, 2.75) is 33.8 Å². The zero-order valence-electron chi connectivity index (χ0n) is 16.7. The van der Waals surface area contributed by atoms with Gasteiger partial charge in [-0.2, -0.15) is 8.42 Å². The van der Waals surface area contributed by atoms with E-state index in [0.717, 1.165) is 16.7 Å². The smallest absolute Gasteiger partial charge is 0.354 e.